The van der Waals surface area contributed by atoms with E-state index in [0.717, 1.165) is 35.9 Å². The number of H-pyrrole nitrogens is 1. The lowest BCUT2D eigenvalue weighted by molar-refractivity contribution is 0.0562. The molecule has 2 fully saturated rings. The molecule has 5 N–H and O–H groups in total. The number of carbonyl (C=O) groups excluding carboxylic acids is 1. The van der Waals surface area contributed by atoms with Gasteiger partial charge in [-0.3, -0.25) is 14.9 Å². The summed E-state index contributed by atoms with van der Waals surface area (Å²) in [5.41, 5.74) is 16.8. The fraction of sp³-hybridized carbons (Fsp3) is 0.276. The molecule has 2 aliphatic rings. The summed E-state index contributed by atoms with van der Waals surface area (Å²) < 4.78 is 27.6. The van der Waals surface area contributed by atoms with E-state index in [1.165, 1.54) is 10.6 Å². The van der Waals surface area contributed by atoms with Crippen LogP contribution in [0, 0.1) is 0 Å². The second-order valence-corrected chi connectivity index (χ2v) is 13.0. The molecule has 2 bridgehead atoms. The fourth-order valence-electron chi connectivity index (χ4n) is 6.53. The Bertz CT molecular complexity index is 1920. The fourth-order valence-corrected chi connectivity index (χ4v) is 7.59. The van der Waals surface area contributed by atoms with Gasteiger partial charge in [0, 0.05) is 53.2 Å². The Kier molecular flexibility index (Phi) is 6.01. The molecule has 3 atom stereocenters. The highest BCUT2D eigenvalue weighted by Crippen LogP contribution is 2.45. The molecular formula is C29H29N9O3S. The van der Waals surface area contributed by atoms with Crippen molar-refractivity contribution in [3.63, 3.8) is 0 Å². The van der Waals surface area contributed by atoms with Crippen molar-refractivity contribution in [2.75, 3.05) is 17.7 Å². The molecule has 0 saturated carbocycles. The number of rotatable bonds is 5. The van der Waals surface area contributed by atoms with E-state index >= 15 is 0 Å². The maximum atomic E-state index is 13.3. The van der Waals surface area contributed by atoms with E-state index in [0.29, 0.717) is 35.4 Å². The van der Waals surface area contributed by atoms with Crippen LogP contribution >= 0.6 is 0 Å². The van der Waals surface area contributed by atoms with Crippen molar-refractivity contribution in [1.82, 2.24) is 34.7 Å². The van der Waals surface area contributed by atoms with Gasteiger partial charge in [0.05, 0.1) is 17.6 Å². The first-order chi connectivity index (χ1) is 20.2. The number of carbonyl (C=O) groups is 1. The maximum absolute atomic E-state index is 13.3. The van der Waals surface area contributed by atoms with Crippen molar-refractivity contribution >= 4 is 33.0 Å². The van der Waals surface area contributed by atoms with Gasteiger partial charge in [0.15, 0.2) is 15.5 Å². The van der Waals surface area contributed by atoms with Crippen molar-refractivity contribution in [2.45, 2.75) is 48.6 Å². The van der Waals surface area contributed by atoms with Crippen LogP contribution < -0.4 is 11.5 Å². The van der Waals surface area contributed by atoms with Crippen molar-refractivity contribution in [1.29, 1.82) is 0 Å². The van der Waals surface area contributed by atoms with Gasteiger partial charge in [-0.05, 0) is 31.7 Å². The molecule has 0 unspecified atom stereocenters. The van der Waals surface area contributed by atoms with Crippen molar-refractivity contribution in [3.05, 3.63) is 72.3 Å². The normalized spacial score (nSPS) is 20.3. The summed E-state index contributed by atoms with van der Waals surface area (Å²) in [6.45, 7) is 0. The van der Waals surface area contributed by atoms with Crippen LogP contribution in [0.2, 0.25) is 0 Å². The Balaban J connectivity index is 1.27. The number of nitrogens with one attached hydrogen (secondary N) is 1. The SMILES string of the molecule is CS(=O)(=O)c1c([C@H]2C[C@H]3CC[C@@H](C2)N3C(=O)c2cc(N)n[nH]2)nc2c(-c3ccc(-c4ccccc4)nc3)cnn2c1N. The molecule has 0 spiro atoms. The Morgan fingerprint density at radius 2 is 1.74 bits per heavy atom. The van der Waals surface area contributed by atoms with E-state index in [1.54, 1.807) is 12.4 Å². The van der Waals surface area contributed by atoms with Crippen LogP contribution in [0.25, 0.3) is 28.0 Å². The third kappa shape index (κ3) is 4.28. The van der Waals surface area contributed by atoms with Gasteiger partial charge in [0.25, 0.3) is 5.91 Å². The first kappa shape index (κ1) is 26.1. The molecule has 4 aromatic heterocycles. The lowest BCUT2D eigenvalue weighted by Gasteiger charge is -2.39. The van der Waals surface area contributed by atoms with Crippen LogP contribution in [0.15, 0.2) is 65.8 Å². The van der Waals surface area contributed by atoms with Gasteiger partial charge in [-0.1, -0.05) is 36.4 Å². The average molecular weight is 584 g/mol. The topological polar surface area (TPSA) is 178 Å². The van der Waals surface area contributed by atoms with E-state index in [1.807, 2.05) is 47.4 Å². The van der Waals surface area contributed by atoms with E-state index in [9.17, 15) is 13.2 Å². The smallest absolute Gasteiger partial charge is 0.272 e. The number of sulfone groups is 1. The third-order valence-electron chi connectivity index (χ3n) is 8.36. The number of aromatic nitrogens is 6. The molecule has 7 rings (SSSR count). The molecule has 2 saturated heterocycles. The second kappa shape index (κ2) is 9.65. The summed E-state index contributed by atoms with van der Waals surface area (Å²) in [5.74, 6) is -0.0815. The van der Waals surface area contributed by atoms with Gasteiger partial charge in [-0.15, -0.1) is 0 Å². The standard InChI is InChI=1S/C29H29N9O3S/c1-42(40,41)26-25(18-11-19-8-9-20(12-18)37(19)29(39)23-13-24(30)36-35-23)34-28-21(15-33-38(28)27(26)31)17-7-10-22(32-14-17)16-5-3-2-4-6-16/h2-7,10,13-15,18-20H,8-9,11-12,31H2,1H3,(H3,30,35,36)/t18-,19+,20-. The minimum Gasteiger partial charge on any atom is -0.382 e. The highest BCUT2D eigenvalue weighted by atomic mass is 32.2. The summed E-state index contributed by atoms with van der Waals surface area (Å²) in [6.07, 6.45) is 7.30. The van der Waals surface area contributed by atoms with E-state index < -0.39 is 9.84 Å². The molecule has 0 radical (unpaired) electrons. The lowest BCUT2D eigenvalue weighted by Crippen LogP contribution is -2.46. The van der Waals surface area contributed by atoms with Crippen LogP contribution in [0.5, 0.6) is 0 Å². The number of nitrogen functional groups attached to an aromatic ring is 2. The molecule has 214 valence electrons. The quantitative estimate of drug-likeness (QED) is 0.280. The number of hydrogen-bond acceptors (Lipinski definition) is 9. The van der Waals surface area contributed by atoms with Gasteiger partial charge in [0.1, 0.15) is 22.2 Å². The Hall–Kier alpha value is -4.78. The molecule has 5 aromatic rings. The number of amides is 1. The Morgan fingerprint density at radius 1 is 1.00 bits per heavy atom. The molecule has 42 heavy (non-hydrogen) atoms. The molecule has 0 aliphatic carbocycles. The minimum absolute atomic E-state index is 0.00674. The number of piperidine rings is 1. The number of fused-ring (bicyclic) bond motifs is 3. The Morgan fingerprint density at radius 3 is 2.36 bits per heavy atom. The van der Waals surface area contributed by atoms with Gasteiger partial charge in [0.2, 0.25) is 0 Å². The number of aromatic amines is 1. The molecule has 2 aliphatic heterocycles. The predicted molar refractivity (Wildman–Crippen MR) is 157 cm³/mol. The molecule has 12 nitrogen and oxygen atoms in total. The number of anilines is 2. The largest absolute Gasteiger partial charge is 0.382 e. The van der Waals surface area contributed by atoms with Crippen LogP contribution in [0.3, 0.4) is 0 Å². The predicted octanol–water partition coefficient (Wildman–Crippen LogP) is 3.30. The summed E-state index contributed by atoms with van der Waals surface area (Å²) >= 11 is 0. The number of nitrogens with zero attached hydrogens (tertiary/aromatic N) is 6. The summed E-state index contributed by atoms with van der Waals surface area (Å²) in [4.78, 5) is 24.8. The summed E-state index contributed by atoms with van der Waals surface area (Å²) in [6, 6.07) is 15.1. The van der Waals surface area contributed by atoms with Crippen LogP contribution in [-0.2, 0) is 9.84 Å². The number of nitrogens with two attached hydrogens (primary N) is 2. The molecule has 1 aromatic carbocycles. The molecular weight excluding hydrogens is 554 g/mol. The number of pyridine rings is 1. The van der Waals surface area contributed by atoms with E-state index in [2.05, 4.69) is 20.3 Å². The first-order valence-electron chi connectivity index (χ1n) is 13.7. The second-order valence-electron chi connectivity index (χ2n) is 11.0. The van der Waals surface area contributed by atoms with Crippen molar-refractivity contribution in [3.8, 4) is 22.4 Å². The third-order valence-corrected chi connectivity index (χ3v) is 9.52. The molecule has 13 heteroatoms. The number of hydrogen-bond donors (Lipinski definition) is 3. The van der Waals surface area contributed by atoms with Gasteiger partial charge < -0.3 is 16.4 Å². The Labute approximate surface area is 241 Å². The van der Waals surface area contributed by atoms with Gasteiger partial charge in [-0.2, -0.15) is 14.7 Å². The zero-order valence-corrected chi connectivity index (χ0v) is 23.6. The lowest BCUT2D eigenvalue weighted by atomic mass is 9.87. The average Bonchev–Trinajstić information content (AvgIpc) is 3.68. The van der Waals surface area contributed by atoms with E-state index in [-0.39, 0.29) is 40.4 Å². The van der Waals surface area contributed by atoms with Crippen LogP contribution in [0.1, 0.15) is 47.8 Å². The van der Waals surface area contributed by atoms with Gasteiger partial charge in [-0.25, -0.2) is 13.4 Å². The maximum Gasteiger partial charge on any atom is 0.272 e. The highest BCUT2D eigenvalue weighted by Gasteiger charge is 2.46. The first-order valence-corrected chi connectivity index (χ1v) is 15.6. The summed E-state index contributed by atoms with van der Waals surface area (Å²) in [5, 5.41) is 11.0. The molecule has 6 heterocycles. The zero-order chi connectivity index (χ0) is 29.2. The van der Waals surface area contributed by atoms with Crippen molar-refractivity contribution < 1.29 is 13.2 Å². The zero-order valence-electron chi connectivity index (χ0n) is 22.8. The van der Waals surface area contributed by atoms with Crippen LogP contribution in [0.4, 0.5) is 11.6 Å². The van der Waals surface area contributed by atoms with E-state index in [4.69, 9.17) is 16.5 Å². The number of benzene rings is 1. The van der Waals surface area contributed by atoms with Crippen LogP contribution in [-0.4, -0.2) is 67.3 Å². The minimum atomic E-state index is -3.75. The monoisotopic (exact) mass is 583 g/mol. The van der Waals surface area contributed by atoms with Crippen molar-refractivity contribution in [2.24, 2.45) is 0 Å². The summed E-state index contributed by atoms with van der Waals surface area (Å²) in [7, 11) is -3.75. The highest BCUT2D eigenvalue weighted by molar-refractivity contribution is 7.91. The van der Waals surface area contributed by atoms with Gasteiger partial charge >= 0.3 is 0 Å². The molecule has 1 amide bonds.